The standard InChI is InChI=1S/C9H7NOS.Y/c1-2-10-6-5-8-3-4-9(7-11)12-8;/h1-4,7H,5H2;/q-2;. The van der Waals surface area contributed by atoms with Gasteiger partial charge < -0.3 is 17.8 Å². The van der Waals surface area contributed by atoms with Gasteiger partial charge in [-0.15, -0.1) is 11.3 Å². The molecule has 0 aliphatic heterocycles. The van der Waals surface area contributed by atoms with Crippen LogP contribution < -0.4 is 0 Å². The molecule has 65 valence electrons. The number of hydrogen-bond acceptors (Lipinski definition) is 3. The first-order valence-corrected chi connectivity index (χ1v) is 4.18. The molecule has 1 aromatic heterocycles. The van der Waals surface area contributed by atoms with E-state index in [-0.39, 0.29) is 32.7 Å². The van der Waals surface area contributed by atoms with E-state index in [1.807, 2.05) is 6.07 Å². The maximum Gasteiger partial charge on any atom is 0.160 e. The molecule has 0 amide bonds. The van der Waals surface area contributed by atoms with Crippen LogP contribution in [0.25, 0.3) is 0 Å². The summed E-state index contributed by atoms with van der Waals surface area (Å²) in [7, 11) is 0. The van der Waals surface area contributed by atoms with Crippen molar-refractivity contribution in [3.8, 4) is 0 Å². The number of carbonyl (C=O) groups excluding carboxylic acids is 1. The van der Waals surface area contributed by atoms with Gasteiger partial charge in [0.1, 0.15) is 0 Å². The van der Waals surface area contributed by atoms with Gasteiger partial charge in [0.25, 0.3) is 0 Å². The van der Waals surface area contributed by atoms with E-state index < -0.39 is 0 Å². The summed E-state index contributed by atoms with van der Waals surface area (Å²) < 4.78 is 0. The summed E-state index contributed by atoms with van der Waals surface area (Å²) in [6.07, 6.45) is 5.35. The first-order valence-electron chi connectivity index (χ1n) is 3.37. The molecule has 0 spiro atoms. The number of aldehydes is 1. The van der Waals surface area contributed by atoms with Crippen molar-refractivity contribution >= 4 is 23.8 Å². The normalized spacial score (nSPS) is 9.54. The van der Waals surface area contributed by atoms with Crippen LogP contribution in [0.3, 0.4) is 0 Å². The number of carbonyl (C=O) groups is 1. The van der Waals surface area contributed by atoms with E-state index in [1.165, 1.54) is 17.5 Å². The first-order chi connectivity index (χ1) is 5.86. The van der Waals surface area contributed by atoms with Crippen LogP contribution in [0.1, 0.15) is 14.5 Å². The zero-order valence-electron chi connectivity index (χ0n) is 6.93. The third-order valence-electron chi connectivity index (χ3n) is 1.22. The molecule has 1 radical (unpaired) electrons. The molecule has 1 rings (SSSR count). The van der Waals surface area contributed by atoms with E-state index in [0.717, 1.165) is 16.0 Å². The van der Waals surface area contributed by atoms with E-state index in [0.29, 0.717) is 6.42 Å². The average molecular weight is 266 g/mol. The van der Waals surface area contributed by atoms with Crippen LogP contribution >= 0.6 is 11.3 Å². The Balaban J connectivity index is 0.00000144. The zero-order chi connectivity index (χ0) is 8.81. The topological polar surface area (TPSA) is 29.4 Å². The van der Waals surface area contributed by atoms with Crippen LogP contribution in [0.5, 0.6) is 0 Å². The zero-order valence-corrected chi connectivity index (χ0v) is 10.6. The Morgan fingerprint density at radius 3 is 2.92 bits per heavy atom. The summed E-state index contributed by atoms with van der Waals surface area (Å²) in [6, 6.07) is 3.66. The summed E-state index contributed by atoms with van der Waals surface area (Å²) in [5.41, 5.74) is 0. The molecular formula is C9H7NOSY-2. The maximum absolute atomic E-state index is 10.3. The molecule has 0 unspecified atom stereocenters. The molecule has 2 nitrogen and oxygen atoms in total. The minimum absolute atomic E-state index is 0. The van der Waals surface area contributed by atoms with Crippen molar-refractivity contribution in [2.24, 2.45) is 4.99 Å². The number of hydrogen-bond donors (Lipinski definition) is 0. The smallest absolute Gasteiger partial charge is 0.160 e. The summed E-state index contributed by atoms with van der Waals surface area (Å²) in [4.78, 5) is 15.7. The minimum atomic E-state index is 0. The Hall–Kier alpha value is -0.116. The molecule has 0 atom stereocenters. The number of nitrogens with zero attached hydrogens (tertiary/aromatic N) is 1. The Labute approximate surface area is 107 Å². The molecule has 0 N–H and O–H groups in total. The molecule has 0 aliphatic rings. The second kappa shape index (κ2) is 7.30. The second-order valence-electron chi connectivity index (χ2n) is 2.03. The third-order valence-corrected chi connectivity index (χ3v) is 2.23. The van der Waals surface area contributed by atoms with Crippen molar-refractivity contribution < 1.29 is 37.5 Å². The van der Waals surface area contributed by atoms with Gasteiger partial charge in [-0.1, -0.05) is 6.42 Å². The van der Waals surface area contributed by atoms with Crippen molar-refractivity contribution in [1.82, 2.24) is 0 Å². The largest absolute Gasteiger partial charge is 0.601 e. The molecule has 1 aromatic rings. The summed E-state index contributed by atoms with van der Waals surface area (Å²) in [6.45, 7) is 5.02. The van der Waals surface area contributed by atoms with Gasteiger partial charge in [0.15, 0.2) is 6.29 Å². The van der Waals surface area contributed by atoms with Crippen LogP contribution in [0.4, 0.5) is 0 Å². The predicted molar refractivity (Wildman–Crippen MR) is 49.7 cm³/mol. The minimum Gasteiger partial charge on any atom is -0.601 e. The van der Waals surface area contributed by atoms with Gasteiger partial charge >= 0.3 is 0 Å². The summed E-state index contributed by atoms with van der Waals surface area (Å²) in [5, 5.41) is 0. The molecule has 13 heavy (non-hydrogen) atoms. The molecule has 1 heterocycles. The van der Waals surface area contributed by atoms with Gasteiger partial charge in [-0.25, -0.2) is 0 Å². The fraction of sp³-hybridized carbons (Fsp3) is 0.111. The van der Waals surface area contributed by atoms with Gasteiger partial charge in [0.05, 0.1) is 4.88 Å². The average Bonchev–Trinajstić information content (AvgIpc) is 2.53. The Kier molecular flexibility index (Phi) is 7.24. The molecule has 4 heteroatoms. The summed E-state index contributed by atoms with van der Waals surface area (Å²) >= 11 is 1.44. The van der Waals surface area contributed by atoms with Gasteiger partial charge in [0, 0.05) is 32.7 Å². The Bertz CT molecular complexity index is 306. The maximum atomic E-state index is 10.3. The fourth-order valence-corrected chi connectivity index (χ4v) is 1.49. The van der Waals surface area contributed by atoms with Gasteiger partial charge in [0.2, 0.25) is 0 Å². The Morgan fingerprint density at radius 1 is 1.62 bits per heavy atom. The molecule has 0 saturated carbocycles. The van der Waals surface area contributed by atoms with Crippen LogP contribution in [0, 0.1) is 6.58 Å². The van der Waals surface area contributed by atoms with Crippen LogP contribution in [-0.2, 0) is 39.1 Å². The number of rotatable bonds is 4. The van der Waals surface area contributed by atoms with E-state index in [2.05, 4.69) is 11.2 Å². The quantitative estimate of drug-likeness (QED) is 0.465. The van der Waals surface area contributed by atoms with Gasteiger partial charge in [-0.3, -0.25) is 4.79 Å². The van der Waals surface area contributed by atoms with Crippen molar-refractivity contribution in [3.05, 3.63) is 34.7 Å². The fourth-order valence-electron chi connectivity index (χ4n) is 0.729. The second-order valence-corrected chi connectivity index (χ2v) is 3.23. The van der Waals surface area contributed by atoms with Crippen molar-refractivity contribution in [2.75, 3.05) is 0 Å². The molecule has 0 bridgehead atoms. The Morgan fingerprint density at radius 2 is 2.38 bits per heavy atom. The van der Waals surface area contributed by atoms with E-state index in [1.54, 1.807) is 6.07 Å². The third kappa shape index (κ3) is 4.60. The summed E-state index contributed by atoms with van der Waals surface area (Å²) in [5.74, 6) is 0. The monoisotopic (exact) mass is 266 g/mol. The van der Waals surface area contributed by atoms with Crippen LogP contribution in [0.2, 0.25) is 0 Å². The van der Waals surface area contributed by atoms with Gasteiger partial charge in [-0.2, -0.15) is 6.21 Å². The van der Waals surface area contributed by atoms with Crippen LogP contribution in [0.15, 0.2) is 23.3 Å². The first kappa shape index (κ1) is 12.9. The van der Waals surface area contributed by atoms with Crippen molar-refractivity contribution in [2.45, 2.75) is 6.42 Å². The predicted octanol–water partition coefficient (Wildman–Crippen LogP) is 2.00. The molecule has 0 aromatic carbocycles. The molecular weight excluding hydrogens is 259 g/mol. The van der Waals surface area contributed by atoms with E-state index >= 15 is 0 Å². The van der Waals surface area contributed by atoms with E-state index in [9.17, 15) is 4.79 Å². The molecule has 0 saturated heterocycles. The van der Waals surface area contributed by atoms with Crippen molar-refractivity contribution in [3.63, 3.8) is 0 Å². The van der Waals surface area contributed by atoms with Crippen LogP contribution in [-0.4, -0.2) is 12.5 Å². The molecule has 0 aliphatic carbocycles. The number of aliphatic imine (C=N–C) groups is 1. The number of thiophene rings is 1. The van der Waals surface area contributed by atoms with E-state index in [4.69, 9.17) is 6.58 Å². The van der Waals surface area contributed by atoms with Crippen molar-refractivity contribution in [1.29, 1.82) is 0 Å². The SMILES string of the molecule is [CH-]=CN=[C-]Cc1ccc(C=O)s1.[Y]. The van der Waals surface area contributed by atoms with Gasteiger partial charge in [-0.05, 0) is 17.0 Å². The molecule has 0 fully saturated rings.